The van der Waals surface area contributed by atoms with Crippen LogP contribution in [-0.2, 0) is 4.79 Å². The number of hydrogen-bond acceptors (Lipinski definition) is 5. The van der Waals surface area contributed by atoms with Crippen LogP contribution in [0.25, 0.3) is 34.4 Å². The first-order valence-corrected chi connectivity index (χ1v) is 13.2. The Morgan fingerprint density at radius 3 is 2.56 bits per heavy atom. The van der Waals surface area contributed by atoms with E-state index < -0.39 is 0 Å². The molecule has 9 heteroatoms. The Morgan fingerprint density at radius 2 is 1.82 bits per heavy atom. The van der Waals surface area contributed by atoms with Crippen molar-refractivity contribution in [2.24, 2.45) is 0 Å². The second-order valence-corrected chi connectivity index (χ2v) is 9.59. The van der Waals surface area contributed by atoms with Crippen LogP contribution in [0.5, 0.6) is 0 Å². The van der Waals surface area contributed by atoms with Crippen LogP contribution in [0.3, 0.4) is 0 Å². The lowest BCUT2D eigenvalue weighted by Gasteiger charge is -2.18. The average Bonchev–Trinajstić information content (AvgIpc) is 3.63. The van der Waals surface area contributed by atoms with Crippen LogP contribution >= 0.6 is 0 Å². The van der Waals surface area contributed by atoms with Crippen LogP contribution in [0.15, 0.2) is 48.5 Å². The molecule has 1 aliphatic heterocycles. The largest absolute Gasteiger partial charge is 0.358 e. The molecule has 39 heavy (non-hydrogen) atoms. The summed E-state index contributed by atoms with van der Waals surface area (Å²) in [7, 11) is 0. The van der Waals surface area contributed by atoms with Gasteiger partial charge in [0.25, 0.3) is 11.8 Å². The molecule has 0 saturated carbocycles. The summed E-state index contributed by atoms with van der Waals surface area (Å²) in [5, 5.41) is 13.4. The van der Waals surface area contributed by atoms with Gasteiger partial charge in [-0.1, -0.05) is 44.2 Å². The molecule has 5 rings (SSSR count). The van der Waals surface area contributed by atoms with Gasteiger partial charge in [-0.05, 0) is 56.8 Å². The Morgan fingerprint density at radius 1 is 1.05 bits per heavy atom. The van der Waals surface area contributed by atoms with E-state index in [1.807, 2.05) is 68.5 Å². The predicted molar refractivity (Wildman–Crippen MR) is 154 cm³/mol. The molecule has 0 saturated heterocycles. The van der Waals surface area contributed by atoms with Gasteiger partial charge in [-0.3, -0.25) is 14.7 Å². The molecular weight excluding hydrogens is 490 g/mol. The number of benzene rings is 2. The van der Waals surface area contributed by atoms with Gasteiger partial charge in [0.1, 0.15) is 0 Å². The number of aryl methyl sites for hydroxylation is 1. The molecule has 0 radical (unpaired) electrons. The van der Waals surface area contributed by atoms with E-state index in [9.17, 15) is 9.59 Å². The Labute approximate surface area is 227 Å². The van der Waals surface area contributed by atoms with Gasteiger partial charge in [0, 0.05) is 46.9 Å². The number of hydrogen-bond donors (Lipinski definition) is 4. The second kappa shape index (κ2) is 11.1. The maximum Gasteiger partial charge on any atom is 0.256 e. The SMILES string of the molecule is CCN(CC)CCNC(=O)c1c(C)[nH]c(/C=C2\C(=O)Nc3ccc(-c4n[nH]c(-c5ccccc5)n4)cc32)c1C. The minimum Gasteiger partial charge on any atom is -0.358 e. The number of likely N-dealkylation sites (N-methyl/N-ethyl adjacent to an activating group) is 1. The van der Waals surface area contributed by atoms with Crippen molar-refractivity contribution in [1.82, 2.24) is 30.4 Å². The average molecular weight is 524 g/mol. The van der Waals surface area contributed by atoms with Gasteiger partial charge >= 0.3 is 0 Å². The number of amides is 2. The van der Waals surface area contributed by atoms with Gasteiger partial charge in [0.05, 0.1) is 11.1 Å². The third-order valence-corrected chi connectivity index (χ3v) is 7.19. The van der Waals surface area contributed by atoms with Crippen molar-refractivity contribution < 1.29 is 9.59 Å². The van der Waals surface area contributed by atoms with Crippen LogP contribution in [-0.4, -0.2) is 63.1 Å². The molecule has 3 heterocycles. The first kappa shape index (κ1) is 26.1. The van der Waals surface area contributed by atoms with Crippen molar-refractivity contribution >= 4 is 29.2 Å². The highest BCUT2D eigenvalue weighted by Crippen LogP contribution is 2.36. The summed E-state index contributed by atoms with van der Waals surface area (Å²) in [6.45, 7) is 11.3. The van der Waals surface area contributed by atoms with E-state index in [4.69, 9.17) is 0 Å². The monoisotopic (exact) mass is 523 g/mol. The van der Waals surface area contributed by atoms with Gasteiger partial charge in [0.2, 0.25) is 0 Å². The van der Waals surface area contributed by atoms with Crippen molar-refractivity contribution in [3.8, 4) is 22.8 Å². The first-order valence-electron chi connectivity index (χ1n) is 13.2. The zero-order valence-electron chi connectivity index (χ0n) is 22.7. The van der Waals surface area contributed by atoms with Crippen molar-refractivity contribution in [2.45, 2.75) is 27.7 Å². The number of H-pyrrole nitrogens is 2. The number of anilines is 1. The number of fused-ring (bicyclic) bond motifs is 1. The summed E-state index contributed by atoms with van der Waals surface area (Å²) < 4.78 is 0. The maximum atomic E-state index is 13.0. The predicted octanol–water partition coefficient (Wildman–Crippen LogP) is 4.65. The summed E-state index contributed by atoms with van der Waals surface area (Å²) in [6, 6.07) is 15.5. The molecule has 2 aromatic heterocycles. The van der Waals surface area contributed by atoms with E-state index in [0.717, 1.165) is 59.0 Å². The third-order valence-electron chi connectivity index (χ3n) is 7.19. The topological polar surface area (TPSA) is 119 Å². The molecule has 4 aromatic rings. The highest BCUT2D eigenvalue weighted by molar-refractivity contribution is 6.35. The summed E-state index contributed by atoms with van der Waals surface area (Å²) >= 11 is 0. The van der Waals surface area contributed by atoms with Gasteiger partial charge in [0.15, 0.2) is 11.6 Å². The molecule has 0 atom stereocenters. The lowest BCUT2D eigenvalue weighted by molar-refractivity contribution is -0.110. The number of aromatic nitrogens is 4. The van der Waals surface area contributed by atoms with Crippen molar-refractivity contribution in [2.75, 3.05) is 31.5 Å². The Balaban J connectivity index is 1.41. The van der Waals surface area contributed by atoms with Crippen LogP contribution < -0.4 is 10.6 Å². The number of nitrogens with one attached hydrogen (secondary N) is 4. The number of rotatable bonds is 9. The molecule has 0 unspecified atom stereocenters. The maximum absolute atomic E-state index is 13.0. The van der Waals surface area contributed by atoms with Gasteiger partial charge in [-0.25, -0.2) is 4.98 Å². The molecule has 0 spiro atoms. The number of carbonyl (C=O) groups excluding carboxylic acids is 2. The van der Waals surface area contributed by atoms with E-state index in [-0.39, 0.29) is 11.8 Å². The normalized spacial score (nSPS) is 13.7. The first-order chi connectivity index (χ1) is 18.9. The van der Waals surface area contributed by atoms with E-state index in [2.05, 4.69) is 49.5 Å². The lowest BCUT2D eigenvalue weighted by Crippen LogP contribution is -2.35. The molecule has 2 amide bonds. The smallest absolute Gasteiger partial charge is 0.256 e. The van der Waals surface area contributed by atoms with Crippen molar-refractivity contribution in [1.29, 1.82) is 0 Å². The number of nitrogens with zero attached hydrogens (tertiary/aromatic N) is 3. The van der Waals surface area contributed by atoms with Crippen LogP contribution in [0.2, 0.25) is 0 Å². The third kappa shape index (κ3) is 5.26. The van der Waals surface area contributed by atoms with Gasteiger partial charge in [-0.2, -0.15) is 5.10 Å². The summed E-state index contributed by atoms with van der Waals surface area (Å²) in [5.41, 5.74) is 6.66. The summed E-state index contributed by atoms with van der Waals surface area (Å²) in [6.07, 6.45) is 1.81. The summed E-state index contributed by atoms with van der Waals surface area (Å²) in [5.74, 6) is 0.914. The minimum atomic E-state index is -0.195. The molecule has 200 valence electrons. The van der Waals surface area contributed by atoms with Crippen LogP contribution in [0.1, 0.15) is 46.7 Å². The number of aromatic amines is 2. The van der Waals surface area contributed by atoms with Crippen LogP contribution in [0, 0.1) is 13.8 Å². The Hall–Kier alpha value is -4.50. The molecular formula is C30H33N7O2. The zero-order valence-corrected chi connectivity index (χ0v) is 22.7. The molecule has 0 bridgehead atoms. The molecule has 1 aliphatic rings. The fourth-order valence-electron chi connectivity index (χ4n) is 4.95. The molecule has 0 fully saturated rings. The fraction of sp³-hybridized carbons (Fsp3) is 0.267. The minimum absolute atomic E-state index is 0.115. The second-order valence-electron chi connectivity index (χ2n) is 9.59. The van der Waals surface area contributed by atoms with E-state index in [1.54, 1.807) is 0 Å². The molecule has 4 N–H and O–H groups in total. The summed E-state index contributed by atoms with van der Waals surface area (Å²) in [4.78, 5) is 36.2. The van der Waals surface area contributed by atoms with Gasteiger partial charge in [-0.15, -0.1) is 0 Å². The Bertz CT molecular complexity index is 1540. The molecule has 2 aromatic carbocycles. The lowest BCUT2D eigenvalue weighted by atomic mass is 10.0. The molecule has 0 aliphatic carbocycles. The van der Waals surface area contributed by atoms with Crippen molar-refractivity contribution in [3.05, 3.63) is 76.6 Å². The standard InChI is InChI=1S/C30H33N7O2/c1-5-37(6-2)15-14-31-30(39)26-18(3)25(32-19(26)4)17-23-22-16-21(12-13-24(22)33-29(23)38)28-34-27(35-36-28)20-10-8-7-9-11-20/h7-13,16-17,32H,5-6,14-15H2,1-4H3,(H,31,39)(H,33,38)(H,34,35,36)/b23-17-. The Kier molecular flexibility index (Phi) is 7.42. The van der Waals surface area contributed by atoms with Crippen molar-refractivity contribution in [3.63, 3.8) is 0 Å². The molecule has 9 nitrogen and oxygen atoms in total. The van der Waals surface area contributed by atoms with Gasteiger partial charge < -0.3 is 20.5 Å². The van der Waals surface area contributed by atoms with E-state index in [0.29, 0.717) is 29.3 Å². The fourth-order valence-corrected chi connectivity index (χ4v) is 4.95. The highest BCUT2D eigenvalue weighted by Gasteiger charge is 2.26. The van der Waals surface area contributed by atoms with E-state index in [1.165, 1.54) is 0 Å². The number of carbonyl (C=O) groups is 2. The zero-order chi connectivity index (χ0) is 27.5. The quantitative estimate of drug-likeness (QED) is 0.238. The van der Waals surface area contributed by atoms with E-state index >= 15 is 0 Å². The highest BCUT2D eigenvalue weighted by atomic mass is 16.2. The van der Waals surface area contributed by atoms with Crippen LogP contribution in [0.4, 0.5) is 5.69 Å².